The van der Waals surface area contributed by atoms with E-state index in [2.05, 4.69) is 17.2 Å². The van der Waals surface area contributed by atoms with Gasteiger partial charge in [0.25, 0.3) is 0 Å². The number of aromatic nitrogens is 1. The van der Waals surface area contributed by atoms with Gasteiger partial charge in [-0.25, -0.2) is 4.98 Å². The van der Waals surface area contributed by atoms with Crippen molar-refractivity contribution >= 4 is 23.1 Å². The summed E-state index contributed by atoms with van der Waals surface area (Å²) >= 11 is 5.98. The first kappa shape index (κ1) is 12.7. The van der Waals surface area contributed by atoms with Crippen molar-refractivity contribution in [3.8, 4) is 0 Å². The molecule has 0 aliphatic rings. The molecule has 0 saturated heterocycles. The van der Waals surface area contributed by atoms with Crippen LogP contribution in [0.1, 0.15) is 24.2 Å². The normalized spacial score (nSPS) is 12.2. The van der Waals surface area contributed by atoms with Crippen molar-refractivity contribution < 1.29 is 0 Å². The minimum atomic E-state index is 0.0975. The largest absolute Gasteiger partial charge is 0.396 e. The number of nitrogens with zero attached hydrogens (tertiary/aromatic N) is 1. The van der Waals surface area contributed by atoms with E-state index < -0.39 is 0 Å². The molecule has 0 aliphatic heterocycles. The molecule has 0 bridgehead atoms. The molecule has 0 radical (unpaired) electrons. The van der Waals surface area contributed by atoms with E-state index in [0.29, 0.717) is 11.5 Å². The molecule has 1 unspecified atom stereocenters. The highest BCUT2D eigenvalue weighted by molar-refractivity contribution is 6.30. The number of hydrogen-bond donors (Lipinski definition) is 2. The van der Waals surface area contributed by atoms with Gasteiger partial charge in [0.1, 0.15) is 5.82 Å². The van der Waals surface area contributed by atoms with Crippen LogP contribution < -0.4 is 11.1 Å². The maximum atomic E-state index is 5.98. The van der Waals surface area contributed by atoms with Crippen molar-refractivity contribution in [2.75, 3.05) is 11.1 Å². The molecule has 94 valence electrons. The van der Waals surface area contributed by atoms with Crippen LogP contribution in [0.4, 0.5) is 11.5 Å². The van der Waals surface area contributed by atoms with Gasteiger partial charge in [0, 0.05) is 10.7 Å². The first-order valence-corrected chi connectivity index (χ1v) is 6.19. The quantitative estimate of drug-likeness (QED) is 0.884. The lowest BCUT2D eigenvalue weighted by atomic mass is 10.1. The zero-order chi connectivity index (χ0) is 13.1. The fraction of sp³-hybridized carbons (Fsp3) is 0.214. The minimum Gasteiger partial charge on any atom is -0.396 e. The average Bonchev–Trinajstić information content (AvgIpc) is 2.34. The van der Waals surface area contributed by atoms with Gasteiger partial charge < -0.3 is 11.1 Å². The number of halogens is 1. The Morgan fingerprint density at radius 2 is 2.06 bits per heavy atom. The van der Waals surface area contributed by atoms with Crippen LogP contribution in [0.15, 0.2) is 36.4 Å². The molecule has 0 spiro atoms. The lowest BCUT2D eigenvalue weighted by Gasteiger charge is -2.16. The number of nitrogen functional groups attached to an aromatic ring is 1. The van der Waals surface area contributed by atoms with Crippen molar-refractivity contribution in [2.45, 2.75) is 19.9 Å². The number of rotatable bonds is 3. The van der Waals surface area contributed by atoms with Crippen LogP contribution in [-0.2, 0) is 0 Å². The highest BCUT2D eigenvalue weighted by Gasteiger charge is 2.08. The van der Waals surface area contributed by atoms with E-state index in [4.69, 9.17) is 17.3 Å². The van der Waals surface area contributed by atoms with Gasteiger partial charge in [0.15, 0.2) is 0 Å². The maximum absolute atomic E-state index is 5.98. The first-order valence-electron chi connectivity index (χ1n) is 5.81. The van der Waals surface area contributed by atoms with E-state index >= 15 is 0 Å². The third-order valence-corrected chi connectivity index (χ3v) is 3.00. The molecular weight excluding hydrogens is 246 g/mol. The zero-order valence-electron chi connectivity index (χ0n) is 10.4. The Kier molecular flexibility index (Phi) is 3.72. The van der Waals surface area contributed by atoms with Crippen molar-refractivity contribution in [3.63, 3.8) is 0 Å². The third kappa shape index (κ3) is 2.93. The topological polar surface area (TPSA) is 50.9 Å². The molecule has 2 aromatic rings. The van der Waals surface area contributed by atoms with Gasteiger partial charge in [-0.3, -0.25) is 0 Å². The lowest BCUT2D eigenvalue weighted by molar-refractivity contribution is 0.873. The minimum absolute atomic E-state index is 0.0975. The van der Waals surface area contributed by atoms with E-state index in [0.717, 1.165) is 16.3 Å². The maximum Gasteiger partial charge on any atom is 0.149 e. The molecule has 18 heavy (non-hydrogen) atoms. The Bertz CT molecular complexity index is 554. The number of nitrogens with two attached hydrogens (primary N) is 1. The van der Waals surface area contributed by atoms with Crippen LogP contribution in [0.2, 0.25) is 5.02 Å². The molecule has 1 atom stereocenters. The van der Waals surface area contributed by atoms with Crippen LogP contribution in [0.5, 0.6) is 0 Å². The number of anilines is 2. The van der Waals surface area contributed by atoms with Crippen LogP contribution in [0.25, 0.3) is 0 Å². The predicted octanol–water partition coefficient (Wildman–Crippen LogP) is 3.80. The van der Waals surface area contributed by atoms with Gasteiger partial charge in [-0.1, -0.05) is 23.7 Å². The molecule has 0 saturated carbocycles. The van der Waals surface area contributed by atoms with Crippen LogP contribution in [-0.4, -0.2) is 4.98 Å². The summed E-state index contributed by atoms with van der Waals surface area (Å²) in [5, 5.41) is 4.03. The summed E-state index contributed by atoms with van der Waals surface area (Å²) in [4.78, 5) is 4.39. The van der Waals surface area contributed by atoms with E-state index in [9.17, 15) is 0 Å². The Labute approximate surface area is 112 Å². The van der Waals surface area contributed by atoms with E-state index in [-0.39, 0.29) is 6.04 Å². The molecular formula is C14H16ClN3. The van der Waals surface area contributed by atoms with Crippen molar-refractivity contribution in [1.29, 1.82) is 0 Å². The summed E-state index contributed by atoms with van der Waals surface area (Å²) in [6.07, 6.45) is 0. The molecule has 0 aliphatic carbocycles. The van der Waals surface area contributed by atoms with E-state index in [1.807, 2.05) is 43.3 Å². The van der Waals surface area contributed by atoms with Crippen LogP contribution >= 0.6 is 11.6 Å². The second-order valence-corrected chi connectivity index (χ2v) is 4.75. The Morgan fingerprint density at radius 3 is 2.78 bits per heavy atom. The molecule has 0 fully saturated rings. The lowest BCUT2D eigenvalue weighted by Crippen LogP contribution is -2.10. The van der Waals surface area contributed by atoms with Crippen molar-refractivity contribution in [1.82, 2.24) is 4.98 Å². The van der Waals surface area contributed by atoms with Crippen LogP contribution in [0.3, 0.4) is 0 Å². The molecule has 1 aromatic carbocycles. The zero-order valence-corrected chi connectivity index (χ0v) is 11.2. The van der Waals surface area contributed by atoms with Crippen molar-refractivity contribution in [3.05, 3.63) is 52.7 Å². The predicted molar refractivity (Wildman–Crippen MR) is 76.9 cm³/mol. The fourth-order valence-corrected chi connectivity index (χ4v) is 1.95. The molecule has 2 rings (SSSR count). The molecule has 3 N–H and O–H groups in total. The number of aryl methyl sites for hydroxylation is 1. The van der Waals surface area contributed by atoms with Crippen molar-refractivity contribution in [2.24, 2.45) is 0 Å². The molecule has 1 heterocycles. The standard InChI is InChI=1S/C14H16ClN3/c1-9-6-7-13(16)14(17-9)18-10(2)11-4-3-5-12(15)8-11/h3-8,10H,16H2,1-2H3,(H,17,18). The number of pyridine rings is 1. The SMILES string of the molecule is Cc1ccc(N)c(NC(C)c2cccc(Cl)c2)n1. The Hall–Kier alpha value is -1.74. The first-order chi connectivity index (χ1) is 8.56. The number of benzene rings is 1. The van der Waals surface area contributed by atoms with Gasteiger partial charge in [-0.2, -0.15) is 0 Å². The highest BCUT2D eigenvalue weighted by Crippen LogP contribution is 2.24. The molecule has 1 aromatic heterocycles. The third-order valence-electron chi connectivity index (χ3n) is 2.77. The average molecular weight is 262 g/mol. The molecule has 4 heteroatoms. The van der Waals surface area contributed by atoms with E-state index in [1.165, 1.54) is 0 Å². The summed E-state index contributed by atoms with van der Waals surface area (Å²) in [6.45, 7) is 3.99. The van der Waals surface area contributed by atoms with Gasteiger partial charge in [0.05, 0.1) is 11.7 Å². The molecule has 3 nitrogen and oxygen atoms in total. The second-order valence-electron chi connectivity index (χ2n) is 4.31. The number of nitrogens with one attached hydrogen (secondary N) is 1. The fourth-order valence-electron chi connectivity index (χ4n) is 1.75. The summed E-state index contributed by atoms with van der Waals surface area (Å²) in [7, 11) is 0. The smallest absolute Gasteiger partial charge is 0.149 e. The summed E-state index contributed by atoms with van der Waals surface area (Å²) < 4.78 is 0. The Balaban J connectivity index is 2.21. The van der Waals surface area contributed by atoms with Crippen LogP contribution in [0, 0.1) is 6.92 Å². The van der Waals surface area contributed by atoms with Gasteiger partial charge in [-0.15, -0.1) is 0 Å². The molecule has 0 amide bonds. The summed E-state index contributed by atoms with van der Waals surface area (Å²) in [5.74, 6) is 0.711. The summed E-state index contributed by atoms with van der Waals surface area (Å²) in [5.41, 5.74) is 8.58. The highest BCUT2D eigenvalue weighted by atomic mass is 35.5. The Morgan fingerprint density at radius 1 is 1.28 bits per heavy atom. The number of hydrogen-bond acceptors (Lipinski definition) is 3. The van der Waals surface area contributed by atoms with Gasteiger partial charge in [-0.05, 0) is 43.7 Å². The van der Waals surface area contributed by atoms with Gasteiger partial charge >= 0.3 is 0 Å². The second kappa shape index (κ2) is 5.27. The monoisotopic (exact) mass is 261 g/mol. The van der Waals surface area contributed by atoms with E-state index in [1.54, 1.807) is 0 Å². The summed E-state index contributed by atoms with van der Waals surface area (Å²) in [6, 6.07) is 11.6. The van der Waals surface area contributed by atoms with Gasteiger partial charge in [0.2, 0.25) is 0 Å².